The van der Waals surface area contributed by atoms with Crippen LogP contribution in [0.4, 0.5) is 0 Å². The molecule has 2 aromatic carbocycles. The van der Waals surface area contributed by atoms with Crippen molar-refractivity contribution in [2.75, 3.05) is 7.11 Å². The number of ether oxygens (including phenoxy) is 1. The van der Waals surface area contributed by atoms with Crippen LogP contribution in [0.3, 0.4) is 0 Å². The third-order valence-electron chi connectivity index (χ3n) is 2.36. The van der Waals surface area contributed by atoms with Gasteiger partial charge in [-0.1, -0.05) is 36.4 Å². The molecule has 0 fully saturated rings. The van der Waals surface area contributed by atoms with Gasteiger partial charge in [0.1, 0.15) is 6.23 Å². The second kappa shape index (κ2) is 3.78. The molecule has 2 nitrogen and oxygen atoms in total. The molecule has 2 N–H and O–H groups in total. The molecule has 0 bridgehead atoms. The second-order valence-electron chi connectivity index (χ2n) is 3.26. The molecule has 0 radical (unpaired) electrons. The van der Waals surface area contributed by atoms with Crippen molar-refractivity contribution < 1.29 is 4.74 Å². The highest BCUT2D eigenvalue weighted by atomic mass is 16.5. The fourth-order valence-corrected chi connectivity index (χ4v) is 1.52. The maximum atomic E-state index is 5.76. The zero-order valence-electron chi connectivity index (χ0n) is 8.10. The number of methoxy groups -OCH3 is 1. The van der Waals surface area contributed by atoms with Crippen LogP contribution in [0, 0.1) is 0 Å². The second-order valence-corrected chi connectivity index (χ2v) is 3.26. The van der Waals surface area contributed by atoms with Gasteiger partial charge < -0.3 is 10.5 Å². The van der Waals surface area contributed by atoms with Crippen molar-refractivity contribution >= 4 is 10.8 Å². The Morgan fingerprint density at radius 3 is 2.50 bits per heavy atom. The van der Waals surface area contributed by atoms with Crippen LogP contribution in [-0.2, 0) is 4.74 Å². The summed E-state index contributed by atoms with van der Waals surface area (Å²) in [5.41, 5.74) is 6.77. The monoisotopic (exact) mass is 187 g/mol. The Morgan fingerprint density at radius 2 is 1.79 bits per heavy atom. The molecule has 14 heavy (non-hydrogen) atoms. The van der Waals surface area contributed by atoms with Crippen LogP contribution in [0.15, 0.2) is 42.5 Å². The van der Waals surface area contributed by atoms with E-state index in [1.54, 1.807) is 7.11 Å². The van der Waals surface area contributed by atoms with Crippen molar-refractivity contribution in [3.05, 3.63) is 48.0 Å². The van der Waals surface area contributed by atoms with Gasteiger partial charge in [0.2, 0.25) is 0 Å². The van der Waals surface area contributed by atoms with Crippen LogP contribution in [-0.4, -0.2) is 7.11 Å². The molecular formula is C12H13NO. The molecule has 0 heterocycles. The fourth-order valence-electron chi connectivity index (χ4n) is 1.52. The van der Waals surface area contributed by atoms with Crippen molar-refractivity contribution in [1.82, 2.24) is 0 Å². The summed E-state index contributed by atoms with van der Waals surface area (Å²) in [7, 11) is 1.61. The molecule has 0 saturated heterocycles. The minimum Gasteiger partial charge on any atom is -0.363 e. The average molecular weight is 187 g/mol. The maximum absolute atomic E-state index is 5.76. The summed E-state index contributed by atoms with van der Waals surface area (Å²) in [5, 5.41) is 2.41. The highest BCUT2D eigenvalue weighted by Crippen LogP contribution is 2.19. The van der Waals surface area contributed by atoms with E-state index in [9.17, 15) is 0 Å². The molecule has 0 spiro atoms. The minimum atomic E-state index is -0.334. The number of rotatable bonds is 2. The zero-order chi connectivity index (χ0) is 9.97. The molecule has 2 heteroatoms. The average Bonchev–Trinajstić information content (AvgIpc) is 2.27. The van der Waals surface area contributed by atoms with Gasteiger partial charge in [0, 0.05) is 7.11 Å². The lowest BCUT2D eigenvalue weighted by atomic mass is 10.1. The Hall–Kier alpha value is -1.38. The molecular weight excluding hydrogens is 174 g/mol. The molecule has 0 aliphatic heterocycles. The molecule has 2 rings (SSSR count). The van der Waals surface area contributed by atoms with Crippen LogP contribution in [0.5, 0.6) is 0 Å². The van der Waals surface area contributed by atoms with E-state index in [1.807, 2.05) is 18.2 Å². The summed E-state index contributed by atoms with van der Waals surface area (Å²) in [6.07, 6.45) is -0.334. The van der Waals surface area contributed by atoms with Crippen LogP contribution in [0.1, 0.15) is 11.8 Å². The molecule has 1 unspecified atom stereocenters. The number of fused-ring (bicyclic) bond motifs is 1. The number of hydrogen-bond acceptors (Lipinski definition) is 2. The first-order valence-electron chi connectivity index (χ1n) is 4.58. The van der Waals surface area contributed by atoms with Gasteiger partial charge in [-0.25, -0.2) is 0 Å². The topological polar surface area (TPSA) is 35.2 Å². The number of nitrogens with two attached hydrogens (primary N) is 1. The molecule has 0 aliphatic carbocycles. The van der Waals surface area contributed by atoms with Crippen LogP contribution in [0.2, 0.25) is 0 Å². The summed E-state index contributed by atoms with van der Waals surface area (Å²) in [4.78, 5) is 0. The highest BCUT2D eigenvalue weighted by molar-refractivity contribution is 5.83. The van der Waals surface area contributed by atoms with E-state index >= 15 is 0 Å². The molecule has 0 aliphatic rings. The minimum absolute atomic E-state index is 0.334. The van der Waals surface area contributed by atoms with E-state index in [0.29, 0.717) is 0 Å². The predicted octanol–water partition coefficient (Wildman–Crippen LogP) is 2.44. The smallest absolute Gasteiger partial charge is 0.131 e. The van der Waals surface area contributed by atoms with E-state index in [4.69, 9.17) is 10.5 Å². The predicted molar refractivity (Wildman–Crippen MR) is 57.9 cm³/mol. The summed E-state index contributed by atoms with van der Waals surface area (Å²) >= 11 is 0. The molecule has 1 atom stereocenters. The van der Waals surface area contributed by atoms with Gasteiger partial charge in [-0.05, 0) is 22.4 Å². The SMILES string of the molecule is COC(N)c1ccc2ccccc2c1. The van der Waals surface area contributed by atoms with Gasteiger partial charge in [0.25, 0.3) is 0 Å². The van der Waals surface area contributed by atoms with E-state index < -0.39 is 0 Å². The maximum Gasteiger partial charge on any atom is 0.131 e. The zero-order valence-corrected chi connectivity index (χ0v) is 8.10. The summed E-state index contributed by atoms with van der Waals surface area (Å²) < 4.78 is 5.06. The largest absolute Gasteiger partial charge is 0.363 e. The standard InChI is InChI=1S/C12H13NO/c1-14-12(13)11-7-6-9-4-2-3-5-10(9)8-11/h2-8,12H,13H2,1H3. The number of hydrogen-bond donors (Lipinski definition) is 1. The molecule has 0 saturated carbocycles. The molecule has 0 aromatic heterocycles. The van der Waals surface area contributed by atoms with Gasteiger partial charge in [0.15, 0.2) is 0 Å². The first kappa shape index (κ1) is 9.19. The third-order valence-corrected chi connectivity index (χ3v) is 2.36. The van der Waals surface area contributed by atoms with Gasteiger partial charge in [0.05, 0.1) is 0 Å². The van der Waals surface area contributed by atoms with Crippen LogP contribution < -0.4 is 5.73 Å². The van der Waals surface area contributed by atoms with Gasteiger partial charge in [-0.15, -0.1) is 0 Å². The summed E-state index contributed by atoms with van der Waals surface area (Å²) in [5.74, 6) is 0. The summed E-state index contributed by atoms with van der Waals surface area (Å²) in [6.45, 7) is 0. The molecule has 2 aromatic rings. The van der Waals surface area contributed by atoms with Crippen molar-refractivity contribution in [2.24, 2.45) is 5.73 Å². The molecule has 72 valence electrons. The van der Waals surface area contributed by atoms with E-state index in [1.165, 1.54) is 10.8 Å². The van der Waals surface area contributed by atoms with Crippen LogP contribution in [0.25, 0.3) is 10.8 Å². The third kappa shape index (κ3) is 1.62. The Kier molecular flexibility index (Phi) is 2.48. The van der Waals surface area contributed by atoms with Crippen molar-refractivity contribution in [3.8, 4) is 0 Å². The first-order valence-corrected chi connectivity index (χ1v) is 4.58. The lowest BCUT2D eigenvalue weighted by Crippen LogP contribution is -2.11. The summed E-state index contributed by atoms with van der Waals surface area (Å²) in [6, 6.07) is 14.3. The lowest BCUT2D eigenvalue weighted by Gasteiger charge is -2.10. The van der Waals surface area contributed by atoms with Gasteiger partial charge in [-0.3, -0.25) is 0 Å². The van der Waals surface area contributed by atoms with Crippen molar-refractivity contribution in [1.29, 1.82) is 0 Å². The van der Waals surface area contributed by atoms with Crippen molar-refractivity contribution in [3.63, 3.8) is 0 Å². The Morgan fingerprint density at radius 1 is 1.07 bits per heavy atom. The van der Waals surface area contributed by atoms with E-state index in [0.717, 1.165) is 5.56 Å². The van der Waals surface area contributed by atoms with Crippen molar-refractivity contribution in [2.45, 2.75) is 6.23 Å². The molecule has 0 amide bonds. The Balaban J connectivity index is 2.51. The fraction of sp³-hybridized carbons (Fsp3) is 0.167. The van der Waals surface area contributed by atoms with E-state index in [2.05, 4.69) is 24.3 Å². The first-order chi connectivity index (χ1) is 6.81. The van der Waals surface area contributed by atoms with Crippen LogP contribution >= 0.6 is 0 Å². The Bertz CT molecular complexity index is 439. The van der Waals surface area contributed by atoms with Gasteiger partial charge >= 0.3 is 0 Å². The van der Waals surface area contributed by atoms with E-state index in [-0.39, 0.29) is 6.23 Å². The highest BCUT2D eigenvalue weighted by Gasteiger charge is 2.03. The lowest BCUT2D eigenvalue weighted by molar-refractivity contribution is 0.109. The quantitative estimate of drug-likeness (QED) is 0.733. The Labute approximate surface area is 83.3 Å². The normalized spacial score (nSPS) is 13.0. The van der Waals surface area contributed by atoms with Gasteiger partial charge in [-0.2, -0.15) is 0 Å². The number of benzene rings is 2.